The number of nitrogens with zero attached hydrogens (tertiary/aromatic N) is 4. The van der Waals surface area contributed by atoms with Gasteiger partial charge in [0.2, 0.25) is 10.0 Å². The summed E-state index contributed by atoms with van der Waals surface area (Å²) in [4.78, 5) is 3.72. The van der Waals surface area contributed by atoms with Crippen molar-refractivity contribution in [3.8, 4) is 0 Å². The molecule has 0 aliphatic carbocycles. The van der Waals surface area contributed by atoms with Crippen LogP contribution in [0, 0.1) is 5.92 Å². The monoisotopic (exact) mass is 399 g/mol. The first-order valence-electron chi connectivity index (χ1n) is 7.42. The van der Waals surface area contributed by atoms with E-state index in [0.717, 1.165) is 6.20 Å². The van der Waals surface area contributed by atoms with Crippen molar-refractivity contribution in [1.82, 2.24) is 24.3 Å². The van der Waals surface area contributed by atoms with E-state index in [0.29, 0.717) is 11.5 Å². The van der Waals surface area contributed by atoms with Gasteiger partial charge in [0.1, 0.15) is 10.0 Å². The standard InChI is InChI=1S/C15H15Cl2N5O2S/c1-9(2)13(15-20-19-12-5-3-4-6-22(12)15)21-25(23,24)10-7-11(16)14(17)18-8-10/h3-9,13,21H,1-2H3/t13-/m0/s1. The molecule has 132 valence electrons. The molecule has 0 aliphatic heterocycles. The van der Waals surface area contributed by atoms with Gasteiger partial charge in [-0.2, -0.15) is 0 Å². The van der Waals surface area contributed by atoms with Crippen LogP contribution in [-0.2, 0) is 10.0 Å². The van der Waals surface area contributed by atoms with E-state index >= 15 is 0 Å². The summed E-state index contributed by atoms with van der Waals surface area (Å²) >= 11 is 11.6. The van der Waals surface area contributed by atoms with Crippen LogP contribution >= 0.6 is 23.2 Å². The molecule has 0 bridgehead atoms. The van der Waals surface area contributed by atoms with Crippen molar-refractivity contribution in [2.45, 2.75) is 24.8 Å². The van der Waals surface area contributed by atoms with Crippen molar-refractivity contribution < 1.29 is 8.42 Å². The predicted octanol–water partition coefficient (Wildman–Crippen LogP) is 3.11. The fraction of sp³-hybridized carbons (Fsp3) is 0.267. The Labute approximate surface area is 155 Å². The maximum absolute atomic E-state index is 12.7. The number of aromatic nitrogens is 4. The molecule has 1 atom stereocenters. The molecule has 0 radical (unpaired) electrons. The van der Waals surface area contributed by atoms with Gasteiger partial charge in [-0.3, -0.25) is 4.40 Å². The maximum Gasteiger partial charge on any atom is 0.242 e. The van der Waals surface area contributed by atoms with Crippen molar-refractivity contribution in [1.29, 1.82) is 0 Å². The van der Waals surface area contributed by atoms with Gasteiger partial charge in [0, 0.05) is 12.4 Å². The zero-order chi connectivity index (χ0) is 18.2. The minimum absolute atomic E-state index is 0.0458. The lowest BCUT2D eigenvalue weighted by Crippen LogP contribution is -2.33. The summed E-state index contributed by atoms with van der Waals surface area (Å²) in [6.07, 6.45) is 2.95. The molecule has 0 fully saturated rings. The lowest BCUT2D eigenvalue weighted by Gasteiger charge is -2.20. The number of halogens is 2. The highest BCUT2D eigenvalue weighted by Gasteiger charge is 2.28. The quantitative estimate of drug-likeness (QED) is 0.665. The third-order valence-electron chi connectivity index (χ3n) is 3.65. The Hall–Kier alpha value is -1.74. The Morgan fingerprint density at radius 3 is 2.64 bits per heavy atom. The number of fused-ring (bicyclic) bond motifs is 1. The Balaban J connectivity index is 2.00. The fourth-order valence-corrected chi connectivity index (χ4v) is 3.99. The SMILES string of the molecule is CC(C)[C@H](NS(=O)(=O)c1cnc(Cl)c(Cl)c1)c1nnc2ccccn12. The first-order chi connectivity index (χ1) is 11.8. The van der Waals surface area contributed by atoms with Gasteiger partial charge < -0.3 is 0 Å². The Morgan fingerprint density at radius 1 is 1.20 bits per heavy atom. The van der Waals surface area contributed by atoms with Crippen molar-refractivity contribution in [3.63, 3.8) is 0 Å². The Morgan fingerprint density at radius 2 is 1.96 bits per heavy atom. The zero-order valence-electron chi connectivity index (χ0n) is 13.4. The van der Waals surface area contributed by atoms with E-state index in [1.54, 1.807) is 16.7 Å². The van der Waals surface area contributed by atoms with Crippen LogP contribution in [0.3, 0.4) is 0 Å². The molecule has 0 saturated carbocycles. The minimum atomic E-state index is -3.88. The van der Waals surface area contributed by atoms with E-state index in [-0.39, 0.29) is 21.0 Å². The molecule has 0 aliphatic rings. The van der Waals surface area contributed by atoms with Crippen LogP contribution in [-0.4, -0.2) is 28.0 Å². The van der Waals surface area contributed by atoms with Crippen molar-refractivity contribution >= 4 is 38.9 Å². The molecule has 10 heteroatoms. The summed E-state index contributed by atoms with van der Waals surface area (Å²) in [6, 6.07) is 6.14. The number of hydrogen-bond acceptors (Lipinski definition) is 5. The van der Waals surface area contributed by atoms with E-state index < -0.39 is 16.1 Å². The summed E-state index contributed by atoms with van der Waals surface area (Å²) in [7, 11) is -3.88. The average molecular weight is 400 g/mol. The van der Waals surface area contributed by atoms with E-state index in [1.807, 2.05) is 26.0 Å². The lowest BCUT2D eigenvalue weighted by molar-refractivity contribution is 0.441. The minimum Gasteiger partial charge on any atom is -0.285 e. The highest BCUT2D eigenvalue weighted by atomic mass is 35.5. The third kappa shape index (κ3) is 3.62. The van der Waals surface area contributed by atoms with Gasteiger partial charge >= 0.3 is 0 Å². The summed E-state index contributed by atoms with van der Waals surface area (Å²) in [5, 5.41) is 8.34. The Bertz CT molecular complexity index is 1020. The normalized spacial score (nSPS) is 13.5. The summed E-state index contributed by atoms with van der Waals surface area (Å²) in [5.41, 5.74) is 0.638. The lowest BCUT2D eigenvalue weighted by atomic mass is 10.1. The number of hydrogen-bond donors (Lipinski definition) is 1. The van der Waals surface area contributed by atoms with Crippen LogP contribution in [0.5, 0.6) is 0 Å². The first kappa shape index (κ1) is 18.1. The summed E-state index contributed by atoms with van der Waals surface area (Å²) in [6.45, 7) is 3.79. The number of rotatable bonds is 5. The molecule has 25 heavy (non-hydrogen) atoms. The highest BCUT2D eigenvalue weighted by Crippen LogP contribution is 2.26. The van der Waals surface area contributed by atoms with Gasteiger partial charge in [-0.25, -0.2) is 18.1 Å². The summed E-state index contributed by atoms with van der Waals surface area (Å²) in [5.74, 6) is 0.431. The smallest absolute Gasteiger partial charge is 0.242 e. The van der Waals surface area contributed by atoms with Crippen molar-refractivity contribution in [2.24, 2.45) is 5.92 Å². The van der Waals surface area contributed by atoms with Crippen LogP contribution in [0.25, 0.3) is 5.65 Å². The van der Waals surface area contributed by atoms with Gasteiger partial charge in [0.25, 0.3) is 0 Å². The van der Waals surface area contributed by atoms with E-state index in [2.05, 4.69) is 19.9 Å². The molecule has 0 unspecified atom stereocenters. The van der Waals surface area contributed by atoms with Crippen molar-refractivity contribution in [2.75, 3.05) is 0 Å². The topological polar surface area (TPSA) is 89.2 Å². The molecule has 3 aromatic rings. The molecule has 7 nitrogen and oxygen atoms in total. The van der Waals surface area contributed by atoms with E-state index in [9.17, 15) is 8.42 Å². The first-order valence-corrected chi connectivity index (χ1v) is 9.66. The van der Waals surface area contributed by atoms with Crippen LogP contribution in [0.4, 0.5) is 0 Å². The molecule has 0 saturated heterocycles. The molecule has 3 aromatic heterocycles. The van der Waals surface area contributed by atoms with Crippen molar-refractivity contribution in [3.05, 3.63) is 52.7 Å². The predicted molar refractivity (Wildman–Crippen MR) is 95.1 cm³/mol. The fourth-order valence-electron chi connectivity index (χ4n) is 2.34. The zero-order valence-corrected chi connectivity index (χ0v) is 15.7. The molecule has 1 N–H and O–H groups in total. The van der Waals surface area contributed by atoms with Gasteiger partial charge in [-0.1, -0.05) is 43.1 Å². The van der Waals surface area contributed by atoms with Crippen LogP contribution in [0.1, 0.15) is 25.7 Å². The number of pyridine rings is 2. The Kier molecular flexibility index (Phi) is 4.97. The second-order valence-electron chi connectivity index (χ2n) is 5.77. The van der Waals surface area contributed by atoms with Gasteiger partial charge in [0.05, 0.1) is 11.1 Å². The highest BCUT2D eigenvalue weighted by molar-refractivity contribution is 7.89. The largest absolute Gasteiger partial charge is 0.285 e. The number of nitrogens with one attached hydrogen (secondary N) is 1. The van der Waals surface area contributed by atoms with Gasteiger partial charge in [0.15, 0.2) is 11.5 Å². The van der Waals surface area contributed by atoms with Gasteiger partial charge in [-0.15, -0.1) is 10.2 Å². The second-order valence-corrected chi connectivity index (χ2v) is 8.25. The van der Waals surface area contributed by atoms with E-state index in [1.165, 1.54) is 6.07 Å². The maximum atomic E-state index is 12.7. The molecule has 0 spiro atoms. The molecular weight excluding hydrogens is 385 g/mol. The molecule has 3 heterocycles. The molecular formula is C15H15Cl2N5O2S. The molecule has 0 amide bonds. The van der Waals surface area contributed by atoms with Crippen LogP contribution in [0.2, 0.25) is 10.2 Å². The second kappa shape index (κ2) is 6.87. The number of sulfonamides is 1. The van der Waals surface area contributed by atoms with Crippen LogP contribution in [0.15, 0.2) is 41.6 Å². The van der Waals surface area contributed by atoms with Gasteiger partial charge in [-0.05, 0) is 24.1 Å². The third-order valence-corrected chi connectivity index (χ3v) is 5.74. The summed E-state index contributed by atoms with van der Waals surface area (Å²) < 4.78 is 29.9. The van der Waals surface area contributed by atoms with E-state index in [4.69, 9.17) is 23.2 Å². The average Bonchev–Trinajstić information content (AvgIpc) is 2.98. The molecule has 3 rings (SSSR count). The van der Waals surface area contributed by atoms with Crippen LogP contribution < -0.4 is 4.72 Å². The molecule has 0 aromatic carbocycles.